The number of aromatic nitrogens is 2. The van der Waals surface area contributed by atoms with Crippen molar-refractivity contribution >= 4 is 11.2 Å². The molecule has 0 aliphatic carbocycles. The Labute approximate surface area is 145 Å². The number of pyridine rings is 1. The van der Waals surface area contributed by atoms with Crippen LogP contribution >= 0.6 is 0 Å². The minimum absolute atomic E-state index is 0.941. The number of hydrogen-bond acceptors (Lipinski definition) is 2. The number of hydrogen-bond donors (Lipinski definition) is 1. The van der Waals surface area contributed by atoms with E-state index < -0.39 is 0 Å². The maximum absolute atomic E-state index is 4.52. The molecule has 0 atom stereocenters. The summed E-state index contributed by atoms with van der Waals surface area (Å²) in [4.78, 5) is 4.52. The maximum atomic E-state index is 4.52. The minimum atomic E-state index is 0.941. The van der Waals surface area contributed by atoms with Gasteiger partial charge in [-0.15, -0.1) is 0 Å². The van der Waals surface area contributed by atoms with Crippen LogP contribution in [0, 0.1) is 0 Å². The molecule has 1 N–H and O–H groups in total. The van der Waals surface area contributed by atoms with Gasteiger partial charge in [0.15, 0.2) is 0 Å². The van der Waals surface area contributed by atoms with Gasteiger partial charge in [0, 0.05) is 37.4 Å². The van der Waals surface area contributed by atoms with Crippen LogP contribution in [-0.2, 0) is 6.42 Å². The Bertz CT molecular complexity index is 791. The van der Waals surface area contributed by atoms with Crippen molar-refractivity contribution in [3.63, 3.8) is 0 Å². The molecule has 2 aromatic heterocycles. The zero-order valence-corrected chi connectivity index (χ0v) is 15.0. The first kappa shape index (κ1) is 17.8. The van der Waals surface area contributed by atoms with Crippen LogP contribution in [0.15, 0.2) is 67.3 Å². The molecule has 0 aliphatic rings. The van der Waals surface area contributed by atoms with Crippen LogP contribution in [0.3, 0.4) is 0 Å². The lowest BCUT2D eigenvalue weighted by Crippen LogP contribution is -2.00. The van der Waals surface area contributed by atoms with Crippen molar-refractivity contribution in [3.8, 4) is 0 Å². The van der Waals surface area contributed by atoms with E-state index in [1.807, 2.05) is 37.8 Å². The SMILES string of the molecule is C=C/C(CCc1cc(/C(C=C)=C/NC)cn2ccnc12)=C(/C)CC. The molecule has 0 amide bonds. The van der Waals surface area contributed by atoms with Crippen molar-refractivity contribution < 1.29 is 0 Å². The van der Waals surface area contributed by atoms with Gasteiger partial charge in [-0.05, 0) is 49.0 Å². The highest BCUT2D eigenvalue weighted by atomic mass is 15.0. The van der Waals surface area contributed by atoms with Gasteiger partial charge in [-0.3, -0.25) is 0 Å². The normalized spacial score (nSPS) is 12.9. The second-order valence-corrected chi connectivity index (χ2v) is 5.87. The number of aryl methyl sites for hydroxylation is 1. The van der Waals surface area contributed by atoms with Crippen LogP contribution in [-0.4, -0.2) is 16.4 Å². The van der Waals surface area contributed by atoms with Crippen molar-refractivity contribution in [2.24, 2.45) is 0 Å². The third-order valence-electron chi connectivity index (χ3n) is 4.41. The van der Waals surface area contributed by atoms with Crippen molar-refractivity contribution in [3.05, 3.63) is 78.4 Å². The van der Waals surface area contributed by atoms with Gasteiger partial charge in [0.25, 0.3) is 0 Å². The zero-order valence-electron chi connectivity index (χ0n) is 15.0. The Balaban J connectivity index is 2.42. The number of rotatable bonds is 8. The Morgan fingerprint density at radius 2 is 2.12 bits per heavy atom. The highest BCUT2D eigenvalue weighted by Gasteiger charge is 2.09. The molecular weight excluding hydrogens is 294 g/mol. The largest absolute Gasteiger partial charge is 0.393 e. The highest BCUT2D eigenvalue weighted by molar-refractivity contribution is 5.74. The molecule has 0 saturated heterocycles. The fourth-order valence-corrected chi connectivity index (χ4v) is 2.85. The molecule has 3 heteroatoms. The molecule has 2 aromatic rings. The Morgan fingerprint density at radius 1 is 1.33 bits per heavy atom. The molecule has 126 valence electrons. The topological polar surface area (TPSA) is 29.3 Å². The summed E-state index contributed by atoms with van der Waals surface area (Å²) >= 11 is 0. The average Bonchev–Trinajstić information content (AvgIpc) is 3.08. The second-order valence-electron chi connectivity index (χ2n) is 5.87. The number of imidazole rings is 1. The third-order valence-corrected chi connectivity index (χ3v) is 4.41. The lowest BCUT2D eigenvalue weighted by molar-refractivity contribution is 0.921. The van der Waals surface area contributed by atoms with Gasteiger partial charge in [0.2, 0.25) is 0 Å². The fourth-order valence-electron chi connectivity index (χ4n) is 2.85. The predicted molar refractivity (Wildman–Crippen MR) is 104 cm³/mol. The molecular formula is C21H27N3. The number of fused-ring (bicyclic) bond motifs is 1. The van der Waals surface area contributed by atoms with Gasteiger partial charge < -0.3 is 9.72 Å². The van der Waals surface area contributed by atoms with E-state index in [9.17, 15) is 0 Å². The third kappa shape index (κ3) is 3.85. The summed E-state index contributed by atoms with van der Waals surface area (Å²) in [5.74, 6) is 0. The quantitative estimate of drug-likeness (QED) is 0.699. The number of nitrogens with one attached hydrogen (secondary N) is 1. The molecule has 0 spiro atoms. The van der Waals surface area contributed by atoms with Gasteiger partial charge in [0.1, 0.15) is 5.65 Å². The van der Waals surface area contributed by atoms with Crippen LogP contribution in [0.5, 0.6) is 0 Å². The summed E-state index contributed by atoms with van der Waals surface area (Å²) in [5.41, 5.74) is 7.20. The maximum Gasteiger partial charge on any atom is 0.139 e. The molecule has 0 radical (unpaired) electrons. The van der Waals surface area contributed by atoms with Crippen molar-refractivity contribution in [1.29, 1.82) is 0 Å². The Hall–Kier alpha value is -2.55. The zero-order chi connectivity index (χ0) is 17.5. The lowest BCUT2D eigenvalue weighted by Gasteiger charge is -2.11. The van der Waals surface area contributed by atoms with Gasteiger partial charge in [-0.25, -0.2) is 4.98 Å². The van der Waals surface area contributed by atoms with E-state index in [0.29, 0.717) is 0 Å². The van der Waals surface area contributed by atoms with E-state index in [2.05, 4.69) is 54.0 Å². The molecule has 0 unspecified atom stereocenters. The standard InChI is InChI=1S/C21H27N3/c1-6-16(4)17(7-2)9-10-19-13-20(18(8-3)14-22-5)15-24-12-11-23-21(19)24/h7-8,11-15,22H,2-3,6,9-10H2,1,4-5H3/b17-16+,18-14+. The summed E-state index contributed by atoms with van der Waals surface area (Å²) in [6.45, 7) is 12.3. The van der Waals surface area contributed by atoms with Crippen LogP contribution in [0.25, 0.3) is 11.2 Å². The molecule has 2 heterocycles. The van der Waals surface area contributed by atoms with E-state index in [1.165, 1.54) is 16.7 Å². The summed E-state index contributed by atoms with van der Waals surface area (Å²) in [6, 6.07) is 2.22. The summed E-state index contributed by atoms with van der Waals surface area (Å²) in [5, 5.41) is 3.08. The first-order chi connectivity index (χ1) is 11.6. The predicted octanol–water partition coefficient (Wildman–Crippen LogP) is 4.93. The average molecular weight is 321 g/mol. The molecule has 24 heavy (non-hydrogen) atoms. The summed E-state index contributed by atoms with van der Waals surface area (Å²) in [7, 11) is 1.90. The Morgan fingerprint density at radius 3 is 2.75 bits per heavy atom. The molecule has 0 saturated carbocycles. The van der Waals surface area contributed by atoms with Crippen LogP contribution in [0.1, 0.15) is 37.8 Å². The second kappa shape index (κ2) is 8.34. The summed E-state index contributed by atoms with van der Waals surface area (Å²) in [6.07, 6.45) is 14.7. The lowest BCUT2D eigenvalue weighted by atomic mass is 9.98. The molecule has 3 nitrogen and oxygen atoms in total. The van der Waals surface area contributed by atoms with E-state index >= 15 is 0 Å². The summed E-state index contributed by atoms with van der Waals surface area (Å²) < 4.78 is 2.08. The number of allylic oxidation sites excluding steroid dienone is 5. The fraction of sp³-hybridized carbons (Fsp3) is 0.286. The molecule has 0 bridgehead atoms. The van der Waals surface area contributed by atoms with Crippen LogP contribution in [0.4, 0.5) is 0 Å². The first-order valence-corrected chi connectivity index (χ1v) is 8.41. The van der Waals surface area contributed by atoms with E-state index in [1.54, 1.807) is 0 Å². The van der Waals surface area contributed by atoms with Crippen LogP contribution < -0.4 is 5.32 Å². The molecule has 0 aliphatic heterocycles. The van der Waals surface area contributed by atoms with Crippen molar-refractivity contribution in [1.82, 2.24) is 14.7 Å². The first-order valence-electron chi connectivity index (χ1n) is 8.41. The number of nitrogens with zero attached hydrogens (tertiary/aromatic N) is 2. The van der Waals surface area contributed by atoms with E-state index in [0.717, 1.165) is 36.0 Å². The highest BCUT2D eigenvalue weighted by Crippen LogP contribution is 2.23. The van der Waals surface area contributed by atoms with Crippen molar-refractivity contribution in [2.75, 3.05) is 7.05 Å². The molecule has 2 rings (SSSR count). The minimum Gasteiger partial charge on any atom is -0.393 e. The molecule has 0 aromatic carbocycles. The van der Waals surface area contributed by atoms with Gasteiger partial charge in [-0.1, -0.05) is 37.8 Å². The smallest absolute Gasteiger partial charge is 0.139 e. The van der Waals surface area contributed by atoms with Gasteiger partial charge in [0.05, 0.1) is 0 Å². The van der Waals surface area contributed by atoms with Gasteiger partial charge >= 0.3 is 0 Å². The Kier molecular flexibility index (Phi) is 6.19. The van der Waals surface area contributed by atoms with E-state index in [4.69, 9.17) is 0 Å². The van der Waals surface area contributed by atoms with Gasteiger partial charge in [-0.2, -0.15) is 0 Å². The van der Waals surface area contributed by atoms with E-state index in [-0.39, 0.29) is 0 Å². The van der Waals surface area contributed by atoms with Crippen LogP contribution in [0.2, 0.25) is 0 Å². The van der Waals surface area contributed by atoms with Crippen molar-refractivity contribution in [2.45, 2.75) is 33.1 Å². The monoisotopic (exact) mass is 321 g/mol. The molecule has 0 fully saturated rings.